The molecule has 2 aromatic rings. The molecular formula is C15H15F4N5O2. The van der Waals surface area contributed by atoms with E-state index >= 15 is 0 Å². The van der Waals surface area contributed by atoms with Crippen molar-refractivity contribution in [3.63, 3.8) is 0 Å². The number of amides is 2. The average Bonchev–Trinajstić information content (AvgIpc) is 3.01. The third-order valence-electron chi connectivity index (χ3n) is 3.34. The fourth-order valence-corrected chi connectivity index (χ4v) is 2.03. The highest BCUT2D eigenvalue weighted by atomic mass is 19.4. The average molecular weight is 373 g/mol. The number of rotatable bonds is 5. The van der Waals surface area contributed by atoms with Crippen molar-refractivity contribution in [3.8, 4) is 0 Å². The van der Waals surface area contributed by atoms with Crippen molar-refractivity contribution >= 4 is 17.8 Å². The standard InChI is InChI=1S/C15H15F4N5O2/c1-7(2)10(20-11(25)8-5-3-4-6-9(8)16)12(26)21-14-22-13(23-24-14)15(17,18)19/h3-7,10H,1-2H3,(H,20,25)(H2,21,22,23,24,26). The van der Waals surface area contributed by atoms with E-state index in [1.165, 1.54) is 18.2 Å². The lowest BCUT2D eigenvalue weighted by Crippen LogP contribution is -2.47. The Hall–Kier alpha value is -2.98. The van der Waals surface area contributed by atoms with Gasteiger partial charge in [0.1, 0.15) is 11.9 Å². The summed E-state index contributed by atoms with van der Waals surface area (Å²) in [7, 11) is 0. The number of nitrogens with one attached hydrogen (secondary N) is 3. The first-order valence-electron chi connectivity index (χ1n) is 7.45. The predicted octanol–water partition coefficient (Wildman–Crippen LogP) is 2.36. The molecule has 1 aromatic carbocycles. The molecule has 140 valence electrons. The Kier molecular flexibility index (Phi) is 5.58. The Balaban J connectivity index is 2.11. The number of benzene rings is 1. The molecule has 0 saturated carbocycles. The lowest BCUT2D eigenvalue weighted by atomic mass is 10.0. The molecule has 0 spiro atoms. The third-order valence-corrected chi connectivity index (χ3v) is 3.34. The second-order valence-electron chi connectivity index (χ2n) is 5.67. The lowest BCUT2D eigenvalue weighted by Gasteiger charge is -2.21. The number of nitrogens with zero attached hydrogens (tertiary/aromatic N) is 2. The number of carbonyl (C=O) groups is 2. The molecule has 0 aliphatic carbocycles. The van der Waals surface area contributed by atoms with Crippen molar-refractivity contribution in [2.45, 2.75) is 26.1 Å². The zero-order chi connectivity index (χ0) is 19.5. The van der Waals surface area contributed by atoms with Gasteiger partial charge in [0.25, 0.3) is 5.91 Å². The molecule has 0 fully saturated rings. The highest BCUT2D eigenvalue weighted by Crippen LogP contribution is 2.26. The van der Waals surface area contributed by atoms with Gasteiger partial charge in [-0.1, -0.05) is 26.0 Å². The van der Waals surface area contributed by atoms with Gasteiger partial charge in [-0.15, -0.1) is 5.10 Å². The maximum absolute atomic E-state index is 13.7. The summed E-state index contributed by atoms with van der Waals surface area (Å²) in [5, 5.41) is 9.35. The Bertz CT molecular complexity index is 803. The predicted molar refractivity (Wildman–Crippen MR) is 82.5 cm³/mol. The Morgan fingerprint density at radius 1 is 1.19 bits per heavy atom. The molecule has 3 N–H and O–H groups in total. The number of aromatic amines is 1. The van der Waals surface area contributed by atoms with Crippen LogP contribution in [-0.4, -0.2) is 33.0 Å². The van der Waals surface area contributed by atoms with Crippen molar-refractivity contribution in [2.75, 3.05) is 5.32 Å². The van der Waals surface area contributed by atoms with Gasteiger partial charge >= 0.3 is 6.18 Å². The SMILES string of the molecule is CC(C)C(NC(=O)c1ccccc1F)C(=O)Nc1n[nH]c(C(F)(F)F)n1. The van der Waals surface area contributed by atoms with Crippen molar-refractivity contribution in [2.24, 2.45) is 5.92 Å². The summed E-state index contributed by atoms with van der Waals surface area (Å²) in [6.07, 6.45) is -4.74. The van der Waals surface area contributed by atoms with Crippen LogP contribution >= 0.6 is 0 Å². The number of carbonyl (C=O) groups excluding carboxylic acids is 2. The first-order chi connectivity index (χ1) is 12.1. The molecular weight excluding hydrogens is 358 g/mol. The van der Waals surface area contributed by atoms with E-state index in [9.17, 15) is 27.2 Å². The number of halogens is 4. The van der Waals surface area contributed by atoms with Crippen LogP contribution in [-0.2, 0) is 11.0 Å². The molecule has 26 heavy (non-hydrogen) atoms. The summed E-state index contributed by atoms with van der Waals surface area (Å²) in [4.78, 5) is 27.5. The molecule has 0 bridgehead atoms. The fraction of sp³-hybridized carbons (Fsp3) is 0.333. The third kappa shape index (κ3) is 4.55. The van der Waals surface area contributed by atoms with Gasteiger partial charge in [-0.05, 0) is 18.1 Å². The van der Waals surface area contributed by atoms with Gasteiger partial charge in [0, 0.05) is 0 Å². The zero-order valence-electron chi connectivity index (χ0n) is 13.7. The van der Waals surface area contributed by atoms with Crippen LogP contribution in [0.3, 0.4) is 0 Å². The topological polar surface area (TPSA) is 99.8 Å². The number of anilines is 1. The van der Waals surface area contributed by atoms with Crippen LogP contribution in [0.4, 0.5) is 23.5 Å². The van der Waals surface area contributed by atoms with E-state index in [0.717, 1.165) is 6.07 Å². The number of H-pyrrole nitrogens is 1. The summed E-state index contributed by atoms with van der Waals surface area (Å²) < 4.78 is 51.1. The highest BCUT2D eigenvalue weighted by molar-refractivity contribution is 6.00. The molecule has 1 aromatic heterocycles. The smallest absolute Gasteiger partial charge is 0.340 e. The van der Waals surface area contributed by atoms with E-state index in [1.54, 1.807) is 18.9 Å². The van der Waals surface area contributed by atoms with Crippen LogP contribution in [0.5, 0.6) is 0 Å². The minimum Gasteiger partial charge on any atom is -0.340 e. The summed E-state index contributed by atoms with van der Waals surface area (Å²) in [6, 6.07) is 4.04. The first kappa shape index (κ1) is 19.3. The van der Waals surface area contributed by atoms with Gasteiger partial charge in [-0.25, -0.2) is 4.39 Å². The number of aromatic nitrogens is 3. The second-order valence-corrected chi connectivity index (χ2v) is 5.67. The van der Waals surface area contributed by atoms with Crippen LogP contribution < -0.4 is 10.6 Å². The lowest BCUT2D eigenvalue weighted by molar-refractivity contribution is -0.144. The largest absolute Gasteiger partial charge is 0.451 e. The van der Waals surface area contributed by atoms with Crippen LogP contribution in [0.1, 0.15) is 30.0 Å². The fourth-order valence-electron chi connectivity index (χ4n) is 2.03. The van der Waals surface area contributed by atoms with Crippen molar-refractivity contribution in [3.05, 3.63) is 41.5 Å². The van der Waals surface area contributed by atoms with Crippen LogP contribution in [0, 0.1) is 11.7 Å². The van der Waals surface area contributed by atoms with Gasteiger partial charge in [-0.2, -0.15) is 18.2 Å². The highest BCUT2D eigenvalue weighted by Gasteiger charge is 2.36. The summed E-state index contributed by atoms with van der Waals surface area (Å²) in [6.45, 7) is 3.20. The molecule has 1 atom stereocenters. The van der Waals surface area contributed by atoms with Gasteiger partial charge in [0.05, 0.1) is 5.56 Å². The van der Waals surface area contributed by atoms with Crippen LogP contribution in [0.2, 0.25) is 0 Å². The minimum atomic E-state index is -4.74. The molecule has 1 heterocycles. The van der Waals surface area contributed by atoms with Crippen molar-refractivity contribution in [1.29, 1.82) is 0 Å². The molecule has 7 nitrogen and oxygen atoms in total. The van der Waals surface area contributed by atoms with Gasteiger partial charge < -0.3 is 5.32 Å². The molecule has 2 amide bonds. The number of alkyl halides is 3. The van der Waals surface area contributed by atoms with E-state index in [4.69, 9.17) is 0 Å². The van der Waals surface area contributed by atoms with E-state index in [0.29, 0.717) is 0 Å². The minimum absolute atomic E-state index is 0.261. The Morgan fingerprint density at radius 3 is 2.38 bits per heavy atom. The number of hydrogen-bond donors (Lipinski definition) is 3. The van der Waals surface area contributed by atoms with Crippen LogP contribution in [0.15, 0.2) is 24.3 Å². The maximum atomic E-state index is 13.7. The van der Waals surface area contributed by atoms with E-state index in [1.807, 2.05) is 0 Å². The van der Waals surface area contributed by atoms with Gasteiger partial charge in [0.2, 0.25) is 17.7 Å². The van der Waals surface area contributed by atoms with E-state index in [2.05, 4.69) is 20.7 Å². The molecule has 1 unspecified atom stereocenters. The number of hydrogen-bond acceptors (Lipinski definition) is 4. The Morgan fingerprint density at radius 2 is 1.85 bits per heavy atom. The molecule has 0 radical (unpaired) electrons. The molecule has 0 saturated heterocycles. The molecule has 11 heteroatoms. The van der Waals surface area contributed by atoms with E-state index < -0.39 is 47.5 Å². The monoisotopic (exact) mass is 373 g/mol. The summed E-state index contributed by atoms with van der Waals surface area (Å²) in [5.74, 6) is -4.83. The zero-order valence-corrected chi connectivity index (χ0v) is 13.7. The van der Waals surface area contributed by atoms with Gasteiger partial charge in [0.15, 0.2) is 0 Å². The molecule has 2 rings (SSSR count). The normalized spacial score (nSPS) is 12.7. The van der Waals surface area contributed by atoms with Crippen molar-refractivity contribution in [1.82, 2.24) is 20.5 Å². The molecule has 0 aliphatic heterocycles. The van der Waals surface area contributed by atoms with Crippen molar-refractivity contribution < 1.29 is 27.2 Å². The van der Waals surface area contributed by atoms with Gasteiger partial charge in [-0.3, -0.25) is 20.0 Å². The summed E-state index contributed by atoms with van der Waals surface area (Å²) in [5.41, 5.74) is -0.261. The van der Waals surface area contributed by atoms with Crippen LogP contribution in [0.25, 0.3) is 0 Å². The maximum Gasteiger partial charge on any atom is 0.451 e. The Labute approximate surface area is 145 Å². The first-order valence-corrected chi connectivity index (χ1v) is 7.45. The summed E-state index contributed by atoms with van der Waals surface area (Å²) >= 11 is 0. The van der Waals surface area contributed by atoms with E-state index in [-0.39, 0.29) is 5.56 Å². The second kappa shape index (κ2) is 7.50. The quantitative estimate of drug-likeness (QED) is 0.701. The molecule has 0 aliphatic rings.